The van der Waals surface area contributed by atoms with Gasteiger partial charge in [-0.3, -0.25) is 4.98 Å². The number of methoxy groups -OCH3 is 1. The number of para-hydroxylation sites is 1. The van der Waals surface area contributed by atoms with Crippen LogP contribution in [0.3, 0.4) is 0 Å². The molecular weight excluding hydrogens is 190 g/mol. The Morgan fingerprint density at radius 3 is 2.93 bits per heavy atom. The molecule has 0 fully saturated rings. The molecule has 0 amide bonds. The van der Waals surface area contributed by atoms with Crippen molar-refractivity contribution in [3.63, 3.8) is 0 Å². The Labute approximate surface area is 88.3 Å². The summed E-state index contributed by atoms with van der Waals surface area (Å²) in [6.07, 6.45) is 1.11. The maximum atomic E-state index is 9.87. The lowest BCUT2D eigenvalue weighted by Crippen LogP contribution is -2.05. The fourth-order valence-electron chi connectivity index (χ4n) is 1.66. The van der Waals surface area contributed by atoms with Gasteiger partial charge in [0, 0.05) is 18.7 Å². The fourth-order valence-corrected chi connectivity index (χ4v) is 1.66. The number of nitrogens with zero attached hydrogens (tertiary/aromatic N) is 1. The van der Waals surface area contributed by atoms with Gasteiger partial charge in [-0.2, -0.15) is 0 Å². The van der Waals surface area contributed by atoms with Crippen LogP contribution in [-0.2, 0) is 4.74 Å². The second-order valence-corrected chi connectivity index (χ2v) is 3.39. The number of fused-ring (bicyclic) bond motifs is 1. The van der Waals surface area contributed by atoms with Crippen LogP contribution in [0.1, 0.15) is 11.7 Å². The lowest BCUT2D eigenvalue weighted by Gasteiger charge is -2.11. The van der Waals surface area contributed by atoms with Gasteiger partial charge >= 0.3 is 0 Å². The molecule has 1 aromatic carbocycles. The fraction of sp³-hybridized carbons (Fsp3) is 0.250. The molecule has 3 nitrogen and oxygen atoms in total. The largest absolute Gasteiger partial charge is 0.386 e. The molecule has 1 heterocycles. The number of aliphatic hydroxyl groups is 1. The van der Waals surface area contributed by atoms with Crippen molar-refractivity contribution in [1.29, 1.82) is 0 Å². The van der Waals surface area contributed by atoms with Crippen LogP contribution in [0.25, 0.3) is 10.9 Å². The van der Waals surface area contributed by atoms with Crippen LogP contribution < -0.4 is 0 Å². The van der Waals surface area contributed by atoms with E-state index in [-0.39, 0.29) is 0 Å². The van der Waals surface area contributed by atoms with Gasteiger partial charge in [-0.1, -0.05) is 18.2 Å². The molecule has 0 spiro atoms. The molecule has 1 aromatic heterocycles. The molecule has 0 bridgehead atoms. The topological polar surface area (TPSA) is 42.4 Å². The van der Waals surface area contributed by atoms with E-state index in [1.54, 1.807) is 13.3 Å². The Hall–Kier alpha value is -1.45. The molecule has 1 atom stereocenters. The van der Waals surface area contributed by atoms with Crippen LogP contribution in [-0.4, -0.2) is 23.8 Å². The molecule has 3 heteroatoms. The number of benzene rings is 1. The molecule has 1 N–H and O–H groups in total. The normalized spacial score (nSPS) is 12.9. The second-order valence-electron chi connectivity index (χ2n) is 3.39. The van der Waals surface area contributed by atoms with Crippen molar-refractivity contribution in [2.24, 2.45) is 0 Å². The molecule has 2 aromatic rings. The molecular formula is C12H13NO2. The zero-order valence-electron chi connectivity index (χ0n) is 8.55. The number of ether oxygens (including phenoxy) is 1. The van der Waals surface area contributed by atoms with Gasteiger partial charge in [0.05, 0.1) is 12.1 Å². The maximum Gasteiger partial charge on any atom is 0.103 e. The van der Waals surface area contributed by atoms with Crippen LogP contribution in [0, 0.1) is 0 Å². The summed E-state index contributed by atoms with van der Waals surface area (Å²) in [6.45, 7) is 0.300. The summed E-state index contributed by atoms with van der Waals surface area (Å²) < 4.78 is 4.94. The first kappa shape index (κ1) is 10.1. The Bertz CT molecular complexity index is 451. The summed E-state index contributed by atoms with van der Waals surface area (Å²) >= 11 is 0. The highest BCUT2D eigenvalue weighted by Crippen LogP contribution is 2.22. The van der Waals surface area contributed by atoms with Gasteiger partial charge in [0.1, 0.15) is 6.10 Å². The molecule has 0 aliphatic carbocycles. The lowest BCUT2D eigenvalue weighted by molar-refractivity contribution is 0.0652. The minimum Gasteiger partial charge on any atom is -0.386 e. The van der Waals surface area contributed by atoms with Crippen LogP contribution in [0.5, 0.6) is 0 Å². The molecule has 0 saturated heterocycles. The Morgan fingerprint density at radius 1 is 1.33 bits per heavy atom. The van der Waals surface area contributed by atoms with Crippen LogP contribution in [0.15, 0.2) is 36.5 Å². The first-order chi connectivity index (χ1) is 7.33. The van der Waals surface area contributed by atoms with E-state index in [9.17, 15) is 5.11 Å². The highest BCUT2D eigenvalue weighted by atomic mass is 16.5. The number of rotatable bonds is 3. The van der Waals surface area contributed by atoms with Crippen molar-refractivity contribution < 1.29 is 9.84 Å². The van der Waals surface area contributed by atoms with Gasteiger partial charge in [0.2, 0.25) is 0 Å². The van der Waals surface area contributed by atoms with Crippen molar-refractivity contribution in [3.8, 4) is 0 Å². The van der Waals surface area contributed by atoms with Crippen LogP contribution in [0.2, 0.25) is 0 Å². The van der Waals surface area contributed by atoms with E-state index in [1.807, 2.05) is 30.3 Å². The zero-order valence-corrected chi connectivity index (χ0v) is 8.55. The van der Waals surface area contributed by atoms with Crippen LogP contribution in [0.4, 0.5) is 0 Å². The van der Waals surface area contributed by atoms with Gasteiger partial charge in [0.15, 0.2) is 0 Å². The monoisotopic (exact) mass is 203 g/mol. The zero-order chi connectivity index (χ0) is 10.7. The predicted octanol–water partition coefficient (Wildman–Crippen LogP) is 1.91. The molecule has 15 heavy (non-hydrogen) atoms. The number of hydrogen-bond acceptors (Lipinski definition) is 3. The summed E-state index contributed by atoms with van der Waals surface area (Å²) in [6, 6.07) is 9.58. The van der Waals surface area contributed by atoms with Crippen molar-refractivity contribution in [2.75, 3.05) is 13.7 Å². The molecule has 0 aliphatic rings. The Morgan fingerprint density at radius 2 is 2.13 bits per heavy atom. The van der Waals surface area contributed by atoms with E-state index < -0.39 is 6.10 Å². The minimum atomic E-state index is -0.595. The summed E-state index contributed by atoms with van der Waals surface area (Å²) in [5.41, 5.74) is 1.76. The second kappa shape index (κ2) is 4.38. The SMILES string of the molecule is COCC(O)c1ccnc2ccccc12. The molecule has 0 radical (unpaired) electrons. The van der Waals surface area contributed by atoms with Crippen molar-refractivity contribution >= 4 is 10.9 Å². The molecule has 78 valence electrons. The lowest BCUT2D eigenvalue weighted by atomic mass is 10.0. The number of hydrogen-bond donors (Lipinski definition) is 1. The number of aliphatic hydroxyl groups excluding tert-OH is 1. The third-order valence-corrected chi connectivity index (χ3v) is 2.37. The number of aromatic nitrogens is 1. The summed E-state index contributed by atoms with van der Waals surface area (Å²) in [5, 5.41) is 10.8. The standard InChI is InChI=1S/C12H13NO2/c1-15-8-12(14)10-6-7-13-11-5-3-2-4-9(10)11/h2-7,12,14H,8H2,1H3. The third kappa shape index (κ3) is 1.98. The summed E-state index contributed by atoms with van der Waals surface area (Å²) in [7, 11) is 1.58. The summed E-state index contributed by atoms with van der Waals surface area (Å²) in [4.78, 5) is 4.23. The van der Waals surface area contributed by atoms with E-state index in [0.717, 1.165) is 16.5 Å². The van der Waals surface area contributed by atoms with Gasteiger partial charge in [0.25, 0.3) is 0 Å². The van der Waals surface area contributed by atoms with Crippen LogP contribution >= 0.6 is 0 Å². The van der Waals surface area contributed by atoms with E-state index in [1.165, 1.54) is 0 Å². The Balaban J connectivity index is 2.50. The predicted molar refractivity (Wildman–Crippen MR) is 58.6 cm³/mol. The quantitative estimate of drug-likeness (QED) is 0.828. The maximum absolute atomic E-state index is 9.87. The average Bonchev–Trinajstić information content (AvgIpc) is 2.28. The smallest absolute Gasteiger partial charge is 0.103 e. The van der Waals surface area contributed by atoms with E-state index >= 15 is 0 Å². The van der Waals surface area contributed by atoms with Gasteiger partial charge < -0.3 is 9.84 Å². The van der Waals surface area contributed by atoms with E-state index in [0.29, 0.717) is 6.61 Å². The van der Waals surface area contributed by atoms with E-state index in [2.05, 4.69) is 4.98 Å². The molecule has 2 rings (SSSR count). The van der Waals surface area contributed by atoms with E-state index in [4.69, 9.17) is 4.74 Å². The average molecular weight is 203 g/mol. The van der Waals surface area contributed by atoms with Gasteiger partial charge in [-0.15, -0.1) is 0 Å². The molecule has 0 aliphatic heterocycles. The van der Waals surface area contributed by atoms with Crippen molar-refractivity contribution in [2.45, 2.75) is 6.10 Å². The van der Waals surface area contributed by atoms with Gasteiger partial charge in [-0.05, 0) is 17.7 Å². The van der Waals surface area contributed by atoms with Crippen molar-refractivity contribution in [1.82, 2.24) is 4.98 Å². The first-order valence-corrected chi connectivity index (χ1v) is 4.83. The molecule has 0 saturated carbocycles. The highest BCUT2D eigenvalue weighted by Gasteiger charge is 2.10. The third-order valence-electron chi connectivity index (χ3n) is 2.37. The first-order valence-electron chi connectivity index (χ1n) is 4.83. The Kier molecular flexibility index (Phi) is 2.94. The minimum absolute atomic E-state index is 0.300. The summed E-state index contributed by atoms with van der Waals surface area (Å²) in [5.74, 6) is 0. The number of pyridine rings is 1. The molecule has 1 unspecified atom stereocenters. The van der Waals surface area contributed by atoms with Crippen molar-refractivity contribution in [3.05, 3.63) is 42.1 Å². The highest BCUT2D eigenvalue weighted by molar-refractivity contribution is 5.82. The van der Waals surface area contributed by atoms with Gasteiger partial charge in [-0.25, -0.2) is 0 Å².